The lowest BCUT2D eigenvalue weighted by molar-refractivity contribution is 0.116. The first kappa shape index (κ1) is 13.4. The van der Waals surface area contributed by atoms with Gasteiger partial charge in [0.15, 0.2) is 0 Å². The van der Waals surface area contributed by atoms with Crippen molar-refractivity contribution in [3.8, 4) is 0 Å². The van der Waals surface area contributed by atoms with Crippen LogP contribution in [0.1, 0.15) is 71.6 Å². The van der Waals surface area contributed by atoms with E-state index in [1.165, 1.54) is 57.8 Å². The van der Waals surface area contributed by atoms with Gasteiger partial charge >= 0.3 is 0 Å². The Morgan fingerprint density at radius 1 is 1.18 bits per heavy atom. The maximum atomic E-state index is 5.89. The molecule has 2 aliphatic carbocycles. The lowest BCUT2D eigenvalue weighted by atomic mass is 9.68. The molecule has 0 aromatic carbocycles. The molecular formula is C15H30N2. The Kier molecular flexibility index (Phi) is 4.48. The average molecular weight is 238 g/mol. The number of nitrogens with two attached hydrogens (primary N) is 1. The highest BCUT2D eigenvalue weighted by Crippen LogP contribution is 2.46. The van der Waals surface area contributed by atoms with Gasteiger partial charge in [-0.25, -0.2) is 0 Å². The molecule has 0 aliphatic heterocycles. The van der Waals surface area contributed by atoms with Crippen LogP contribution in [-0.2, 0) is 0 Å². The molecule has 0 radical (unpaired) electrons. The molecule has 2 rings (SSSR count). The van der Waals surface area contributed by atoms with Gasteiger partial charge in [0.05, 0.1) is 0 Å². The van der Waals surface area contributed by atoms with E-state index in [9.17, 15) is 0 Å². The first-order chi connectivity index (χ1) is 8.19. The topological polar surface area (TPSA) is 38.0 Å². The first-order valence-electron chi connectivity index (χ1n) is 7.65. The SMILES string of the molecule is CCC1CCC(C(NN)C2(C)CCCC2)CC1. The van der Waals surface area contributed by atoms with E-state index >= 15 is 0 Å². The third kappa shape index (κ3) is 2.85. The van der Waals surface area contributed by atoms with Crippen molar-refractivity contribution >= 4 is 0 Å². The minimum atomic E-state index is 0.471. The summed E-state index contributed by atoms with van der Waals surface area (Å²) in [6, 6.07) is 0.558. The molecule has 2 saturated carbocycles. The maximum Gasteiger partial charge on any atom is 0.0292 e. The summed E-state index contributed by atoms with van der Waals surface area (Å²) in [6.45, 7) is 4.79. The van der Waals surface area contributed by atoms with Crippen LogP contribution in [0.25, 0.3) is 0 Å². The van der Waals surface area contributed by atoms with E-state index in [0.717, 1.165) is 11.8 Å². The second kappa shape index (κ2) is 5.71. The van der Waals surface area contributed by atoms with E-state index < -0.39 is 0 Å². The molecule has 0 spiro atoms. The number of hydrazine groups is 1. The van der Waals surface area contributed by atoms with E-state index in [2.05, 4.69) is 19.3 Å². The van der Waals surface area contributed by atoms with E-state index in [1.54, 1.807) is 0 Å². The molecule has 3 N–H and O–H groups in total. The third-order valence-corrected chi connectivity index (χ3v) is 5.62. The zero-order valence-corrected chi connectivity index (χ0v) is 11.7. The minimum Gasteiger partial charge on any atom is -0.271 e. The summed E-state index contributed by atoms with van der Waals surface area (Å²) < 4.78 is 0. The summed E-state index contributed by atoms with van der Waals surface area (Å²) >= 11 is 0. The van der Waals surface area contributed by atoms with Gasteiger partial charge in [-0.2, -0.15) is 0 Å². The molecule has 100 valence electrons. The summed E-state index contributed by atoms with van der Waals surface area (Å²) in [6.07, 6.45) is 12.5. The van der Waals surface area contributed by atoms with Crippen molar-refractivity contribution in [1.82, 2.24) is 5.43 Å². The molecule has 2 fully saturated rings. The van der Waals surface area contributed by atoms with E-state index in [0.29, 0.717) is 11.5 Å². The maximum absolute atomic E-state index is 5.89. The van der Waals surface area contributed by atoms with Gasteiger partial charge in [-0.3, -0.25) is 11.3 Å². The molecule has 2 nitrogen and oxygen atoms in total. The fraction of sp³-hybridized carbons (Fsp3) is 1.00. The fourth-order valence-corrected chi connectivity index (χ4v) is 4.33. The second-order valence-electron chi connectivity index (χ2n) is 6.69. The average Bonchev–Trinajstić information content (AvgIpc) is 2.78. The highest BCUT2D eigenvalue weighted by atomic mass is 15.2. The standard InChI is InChI=1S/C15H30N2/c1-3-12-6-8-13(9-7-12)14(17-16)15(2)10-4-5-11-15/h12-14,17H,3-11,16H2,1-2H3. The van der Waals surface area contributed by atoms with Crippen LogP contribution in [0.4, 0.5) is 0 Å². The third-order valence-electron chi connectivity index (χ3n) is 5.62. The first-order valence-corrected chi connectivity index (χ1v) is 7.65. The number of hydrogen-bond acceptors (Lipinski definition) is 2. The molecule has 0 bridgehead atoms. The Morgan fingerprint density at radius 2 is 1.76 bits per heavy atom. The van der Waals surface area contributed by atoms with Crippen LogP contribution < -0.4 is 11.3 Å². The van der Waals surface area contributed by atoms with Crippen LogP contribution in [0.5, 0.6) is 0 Å². The van der Waals surface area contributed by atoms with Crippen molar-refractivity contribution in [3.63, 3.8) is 0 Å². The summed E-state index contributed by atoms with van der Waals surface area (Å²) in [5.74, 6) is 7.70. The molecule has 1 unspecified atom stereocenters. The van der Waals surface area contributed by atoms with Crippen molar-refractivity contribution in [3.05, 3.63) is 0 Å². The highest BCUT2D eigenvalue weighted by Gasteiger charge is 2.41. The van der Waals surface area contributed by atoms with Gasteiger partial charge in [-0.1, -0.05) is 46.0 Å². The van der Waals surface area contributed by atoms with Crippen molar-refractivity contribution in [2.75, 3.05) is 0 Å². The molecule has 0 aromatic heterocycles. The van der Waals surface area contributed by atoms with Gasteiger partial charge in [0.2, 0.25) is 0 Å². The van der Waals surface area contributed by atoms with Crippen LogP contribution in [0.15, 0.2) is 0 Å². The van der Waals surface area contributed by atoms with Gasteiger partial charge in [0.1, 0.15) is 0 Å². The van der Waals surface area contributed by atoms with Crippen molar-refractivity contribution in [2.24, 2.45) is 23.1 Å². The highest BCUT2D eigenvalue weighted by molar-refractivity contribution is 4.95. The van der Waals surface area contributed by atoms with E-state index in [4.69, 9.17) is 5.84 Å². The van der Waals surface area contributed by atoms with E-state index in [-0.39, 0.29) is 0 Å². The van der Waals surface area contributed by atoms with Gasteiger partial charge < -0.3 is 0 Å². The molecule has 2 heteroatoms. The second-order valence-corrected chi connectivity index (χ2v) is 6.69. The zero-order valence-electron chi connectivity index (χ0n) is 11.7. The summed E-state index contributed by atoms with van der Waals surface area (Å²) in [5.41, 5.74) is 3.66. The number of rotatable bonds is 4. The Morgan fingerprint density at radius 3 is 2.24 bits per heavy atom. The van der Waals surface area contributed by atoms with Crippen molar-refractivity contribution < 1.29 is 0 Å². The van der Waals surface area contributed by atoms with Gasteiger partial charge in [-0.05, 0) is 42.9 Å². The Labute approximate surface area is 107 Å². The molecule has 0 amide bonds. The van der Waals surface area contributed by atoms with Crippen molar-refractivity contribution in [2.45, 2.75) is 77.7 Å². The van der Waals surface area contributed by atoms with Gasteiger partial charge in [-0.15, -0.1) is 0 Å². The molecular weight excluding hydrogens is 208 g/mol. The summed E-state index contributed by atoms with van der Waals surface area (Å²) in [4.78, 5) is 0. The monoisotopic (exact) mass is 238 g/mol. The molecule has 17 heavy (non-hydrogen) atoms. The van der Waals surface area contributed by atoms with Gasteiger partial charge in [0, 0.05) is 6.04 Å². The van der Waals surface area contributed by atoms with Crippen LogP contribution in [0.2, 0.25) is 0 Å². The van der Waals surface area contributed by atoms with Crippen LogP contribution in [0.3, 0.4) is 0 Å². The lowest BCUT2D eigenvalue weighted by Crippen LogP contribution is -2.51. The van der Waals surface area contributed by atoms with Crippen molar-refractivity contribution in [1.29, 1.82) is 0 Å². The smallest absolute Gasteiger partial charge is 0.0292 e. The van der Waals surface area contributed by atoms with Crippen LogP contribution in [-0.4, -0.2) is 6.04 Å². The quantitative estimate of drug-likeness (QED) is 0.580. The zero-order chi connectivity index (χ0) is 12.3. The Balaban J connectivity index is 1.95. The normalized spacial score (nSPS) is 34.8. The lowest BCUT2D eigenvalue weighted by Gasteiger charge is -2.42. The van der Waals surface area contributed by atoms with Gasteiger partial charge in [0.25, 0.3) is 0 Å². The van der Waals surface area contributed by atoms with Crippen LogP contribution >= 0.6 is 0 Å². The Bertz CT molecular complexity index is 225. The summed E-state index contributed by atoms with van der Waals surface area (Å²) in [7, 11) is 0. The fourth-order valence-electron chi connectivity index (χ4n) is 4.33. The predicted octanol–water partition coefficient (Wildman–Crippen LogP) is 3.62. The molecule has 2 aliphatic rings. The Hall–Kier alpha value is -0.0800. The molecule has 1 atom stereocenters. The molecule has 0 aromatic rings. The minimum absolute atomic E-state index is 0.471. The molecule has 0 heterocycles. The predicted molar refractivity (Wildman–Crippen MR) is 73.4 cm³/mol. The molecule has 0 saturated heterocycles. The number of hydrogen-bond donors (Lipinski definition) is 2. The number of nitrogens with one attached hydrogen (secondary N) is 1. The van der Waals surface area contributed by atoms with Crippen LogP contribution in [0, 0.1) is 17.3 Å². The largest absolute Gasteiger partial charge is 0.271 e. The summed E-state index contributed by atoms with van der Waals surface area (Å²) in [5, 5.41) is 0. The van der Waals surface area contributed by atoms with E-state index in [1.807, 2.05) is 0 Å².